The molecule has 0 aliphatic heterocycles. The maximum atomic E-state index is 12.7. The lowest BCUT2D eigenvalue weighted by molar-refractivity contribution is -0.384. The quantitative estimate of drug-likeness (QED) is 0.187. The third-order valence-electron chi connectivity index (χ3n) is 4.84. The van der Waals surface area contributed by atoms with Crippen molar-refractivity contribution in [3.05, 3.63) is 93.5 Å². The summed E-state index contributed by atoms with van der Waals surface area (Å²) in [6.45, 7) is 2.45. The van der Waals surface area contributed by atoms with Gasteiger partial charge in [-0.25, -0.2) is 0 Å². The van der Waals surface area contributed by atoms with Gasteiger partial charge in [0.25, 0.3) is 11.6 Å². The van der Waals surface area contributed by atoms with E-state index < -0.39 is 10.8 Å². The zero-order valence-corrected chi connectivity index (χ0v) is 19.2. The van der Waals surface area contributed by atoms with Crippen molar-refractivity contribution in [1.29, 1.82) is 5.26 Å². The highest BCUT2D eigenvalue weighted by atomic mass is 16.6. The van der Waals surface area contributed by atoms with Gasteiger partial charge < -0.3 is 19.5 Å². The van der Waals surface area contributed by atoms with E-state index in [0.717, 1.165) is 5.56 Å². The summed E-state index contributed by atoms with van der Waals surface area (Å²) >= 11 is 0. The lowest BCUT2D eigenvalue weighted by atomic mass is 10.1. The van der Waals surface area contributed by atoms with Crippen LogP contribution in [0.4, 0.5) is 11.4 Å². The molecule has 3 aromatic carbocycles. The minimum absolute atomic E-state index is 0.00109. The Morgan fingerprint density at radius 3 is 2.46 bits per heavy atom. The van der Waals surface area contributed by atoms with Gasteiger partial charge in [-0.1, -0.05) is 18.2 Å². The molecule has 1 N–H and O–H groups in total. The summed E-state index contributed by atoms with van der Waals surface area (Å²) in [4.78, 5) is 23.0. The third kappa shape index (κ3) is 6.58. The molecule has 1 amide bonds. The van der Waals surface area contributed by atoms with Crippen molar-refractivity contribution in [3.63, 3.8) is 0 Å². The van der Waals surface area contributed by atoms with Gasteiger partial charge in [0.2, 0.25) is 0 Å². The number of nitrogens with one attached hydrogen (secondary N) is 1. The summed E-state index contributed by atoms with van der Waals surface area (Å²) in [6.07, 6.45) is 1.45. The molecular formula is C26H23N3O6. The fourth-order valence-corrected chi connectivity index (χ4v) is 3.12. The van der Waals surface area contributed by atoms with Gasteiger partial charge in [-0.15, -0.1) is 0 Å². The number of hydrogen-bond acceptors (Lipinski definition) is 7. The Morgan fingerprint density at radius 2 is 1.80 bits per heavy atom. The molecule has 0 spiro atoms. The van der Waals surface area contributed by atoms with Crippen LogP contribution in [-0.4, -0.2) is 24.5 Å². The standard InChI is InChI=1S/C26H23N3O6/c1-3-34-23-7-5-4-6-22(23)28-26(30)20(16-27)14-19-10-13-24(25(15-19)33-2)35-17-18-8-11-21(12-9-18)29(31)32/h4-15H,3,17H2,1-2H3,(H,28,30)/b20-14+. The molecular weight excluding hydrogens is 450 g/mol. The summed E-state index contributed by atoms with van der Waals surface area (Å²) in [6, 6.07) is 19.9. The Kier molecular flexibility index (Phi) is 8.40. The van der Waals surface area contributed by atoms with Crippen LogP contribution in [0.3, 0.4) is 0 Å². The van der Waals surface area contributed by atoms with Crippen molar-refractivity contribution in [2.75, 3.05) is 19.0 Å². The maximum Gasteiger partial charge on any atom is 0.269 e. The minimum atomic E-state index is -0.572. The minimum Gasteiger partial charge on any atom is -0.493 e. The maximum absolute atomic E-state index is 12.7. The molecule has 9 nitrogen and oxygen atoms in total. The van der Waals surface area contributed by atoms with Gasteiger partial charge in [0, 0.05) is 12.1 Å². The van der Waals surface area contributed by atoms with Crippen molar-refractivity contribution in [3.8, 4) is 23.3 Å². The van der Waals surface area contributed by atoms with Crippen LogP contribution in [0.1, 0.15) is 18.1 Å². The van der Waals surface area contributed by atoms with Crippen molar-refractivity contribution in [2.45, 2.75) is 13.5 Å². The molecule has 0 heterocycles. The van der Waals surface area contributed by atoms with E-state index in [-0.39, 0.29) is 17.9 Å². The SMILES string of the molecule is CCOc1ccccc1NC(=O)/C(C#N)=C/c1ccc(OCc2ccc([N+](=O)[O-])cc2)c(OC)c1. The highest BCUT2D eigenvalue weighted by Crippen LogP contribution is 2.30. The second-order valence-corrected chi connectivity index (χ2v) is 7.18. The molecule has 0 unspecified atom stereocenters. The van der Waals surface area contributed by atoms with Crippen molar-refractivity contribution >= 4 is 23.4 Å². The highest BCUT2D eigenvalue weighted by Gasteiger charge is 2.14. The smallest absolute Gasteiger partial charge is 0.269 e. The Hall–Kier alpha value is -4.84. The molecule has 0 saturated heterocycles. The van der Waals surface area contributed by atoms with Crippen LogP contribution in [0.25, 0.3) is 6.08 Å². The van der Waals surface area contributed by atoms with Gasteiger partial charge >= 0.3 is 0 Å². The largest absolute Gasteiger partial charge is 0.493 e. The first-order valence-corrected chi connectivity index (χ1v) is 10.6. The fourth-order valence-electron chi connectivity index (χ4n) is 3.12. The molecule has 0 aromatic heterocycles. The van der Waals surface area contributed by atoms with E-state index >= 15 is 0 Å². The van der Waals surface area contributed by atoms with Gasteiger partial charge in [-0.05, 0) is 60.5 Å². The number of rotatable bonds is 10. The third-order valence-corrected chi connectivity index (χ3v) is 4.84. The van der Waals surface area contributed by atoms with Gasteiger partial charge in [-0.3, -0.25) is 14.9 Å². The van der Waals surface area contributed by atoms with E-state index in [1.54, 1.807) is 54.6 Å². The molecule has 9 heteroatoms. The summed E-state index contributed by atoms with van der Waals surface area (Å²) in [5, 5.41) is 23.0. The van der Waals surface area contributed by atoms with Gasteiger partial charge in [0.1, 0.15) is 24.0 Å². The Morgan fingerprint density at radius 1 is 1.06 bits per heavy atom. The van der Waals surface area contributed by atoms with Crippen LogP contribution in [0.15, 0.2) is 72.3 Å². The van der Waals surface area contributed by atoms with E-state index in [2.05, 4.69) is 5.32 Å². The molecule has 3 rings (SSSR count). The molecule has 0 aliphatic rings. The average Bonchev–Trinajstić information content (AvgIpc) is 2.87. The molecule has 0 radical (unpaired) electrons. The number of para-hydroxylation sites is 2. The molecule has 35 heavy (non-hydrogen) atoms. The summed E-state index contributed by atoms with van der Waals surface area (Å²) in [5.41, 5.74) is 1.68. The van der Waals surface area contributed by atoms with E-state index in [1.165, 1.54) is 25.3 Å². The van der Waals surface area contributed by atoms with Gasteiger partial charge in [0.15, 0.2) is 11.5 Å². The molecule has 0 saturated carbocycles. The predicted octanol–water partition coefficient (Wildman–Crippen LogP) is 5.13. The number of nitrogens with zero attached hydrogens (tertiary/aromatic N) is 2. The number of amides is 1. The van der Waals surface area contributed by atoms with E-state index in [1.807, 2.05) is 13.0 Å². The Bertz CT molecular complexity index is 1280. The number of methoxy groups -OCH3 is 1. The van der Waals surface area contributed by atoms with Crippen LogP contribution in [0, 0.1) is 21.4 Å². The van der Waals surface area contributed by atoms with E-state index in [4.69, 9.17) is 14.2 Å². The molecule has 178 valence electrons. The van der Waals surface area contributed by atoms with Crippen LogP contribution in [-0.2, 0) is 11.4 Å². The number of benzene rings is 3. The number of ether oxygens (including phenoxy) is 3. The van der Waals surface area contributed by atoms with Crippen molar-refractivity contribution in [1.82, 2.24) is 0 Å². The van der Waals surface area contributed by atoms with E-state index in [9.17, 15) is 20.2 Å². The van der Waals surface area contributed by atoms with Crippen LogP contribution < -0.4 is 19.5 Å². The molecule has 0 aliphatic carbocycles. The summed E-state index contributed by atoms with van der Waals surface area (Å²) in [7, 11) is 1.48. The van der Waals surface area contributed by atoms with Crippen LogP contribution in [0.2, 0.25) is 0 Å². The Labute approximate surface area is 202 Å². The number of nitro groups is 1. The number of carbonyl (C=O) groups excluding carboxylic acids is 1. The molecule has 0 fully saturated rings. The fraction of sp³-hybridized carbons (Fsp3) is 0.154. The zero-order valence-electron chi connectivity index (χ0n) is 19.2. The number of hydrogen-bond donors (Lipinski definition) is 1. The zero-order chi connectivity index (χ0) is 25.2. The average molecular weight is 473 g/mol. The summed E-state index contributed by atoms with van der Waals surface area (Å²) in [5.74, 6) is 0.783. The number of anilines is 1. The Balaban J connectivity index is 1.74. The monoisotopic (exact) mass is 473 g/mol. The first-order valence-electron chi connectivity index (χ1n) is 10.6. The van der Waals surface area contributed by atoms with Crippen LogP contribution >= 0.6 is 0 Å². The molecule has 3 aromatic rings. The molecule has 0 bridgehead atoms. The first kappa shape index (κ1) is 24.8. The predicted molar refractivity (Wildman–Crippen MR) is 130 cm³/mol. The second-order valence-electron chi connectivity index (χ2n) is 7.18. The second kappa shape index (κ2) is 11.9. The van der Waals surface area contributed by atoms with Crippen LogP contribution in [0.5, 0.6) is 17.2 Å². The van der Waals surface area contributed by atoms with Gasteiger partial charge in [-0.2, -0.15) is 5.26 Å². The first-order chi connectivity index (χ1) is 16.9. The molecule has 0 atom stereocenters. The topological polar surface area (TPSA) is 124 Å². The normalized spacial score (nSPS) is 10.7. The van der Waals surface area contributed by atoms with Crippen molar-refractivity contribution in [2.24, 2.45) is 0 Å². The van der Waals surface area contributed by atoms with Crippen molar-refractivity contribution < 1.29 is 23.9 Å². The highest BCUT2D eigenvalue weighted by molar-refractivity contribution is 6.10. The van der Waals surface area contributed by atoms with Gasteiger partial charge in [0.05, 0.1) is 24.3 Å². The number of nitro benzene ring substituents is 1. The number of nitriles is 1. The lowest BCUT2D eigenvalue weighted by Crippen LogP contribution is -2.14. The summed E-state index contributed by atoms with van der Waals surface area (Å²) < 4.78 is 16.7. The number of carbonyl (C=O) groups is 1. The lowest BCUT2D eigenvalue weighted by Gasteiger charge is -2.12. The van der Waals surface area contributed by atoms with E-state index in [0.29, 0.717) is 35.1 Å². The number of non-ortho nitro benzene ring substituents is 1.